The molecule has 0 aromatic carbocycles. The molecule has 0 unspecified atom stereocenters. The van der Waals surface area contributed by atoms with Gasteiger partial charge in [-0.1, -0.05) is 0 Å². The summed E-state index contributed by atoms with van der Waals surface area (Å²) in [4.78, 5) is 14.3. The first-order valence-electron chi connectivity index (χ1n) is 3.23. The van der Waals surface area contributed by atoms with Gasteiger partial charge in [-0.05, 0) is 12.5 Å². The zero-order chi connectivity index (χ0) is 8.27. The molecule has 0 saturated heterocycles. The van der Waals surface area contributed by atoms with Gasteiger partial charge in [0, 0.05) is 17.8 Å². The second-order valence-electron chi connectivity index (χ2n) is 2.20. The van der Waals surface area contributed by atoms with Gasteiger partial charge in [0.05, 0.1) is 7.11 Å². The SMILES string of the molecule is COc1cc(C=O)c(C)cn1. The predicted octanol–water partition coefficient (Wildman–Crippen LogP) is 1.21. The molecule has 0 aliphatic carbocycles. The smallest absolute Gasteiger partial charge is 0.213 e. The highest BCUT2D eigenvalue weighted by Gasteiger charge is 1.98. The number of methoxy groups -OCH3 is 1. The van der Waals surface area contributed by atoms with E-state index in [-0.39, 0.29) is 0 Å². The van der Waals surface area contributed by atoms with Gasteiger partial charge in [-0.15, -0.1) is 0 Å². The molecule has 0 atom stereocenters. The van der Waals surface area contributed by atoms with Crippen molar-refractivity contribution in [2.75, 3.05) is 7.11 Å². The lowest BCUT2D eigenvalue weighted by Crippen LogP contribution is -1.92. The lowest BCUT2D eigenvalue weighted by molar-refractivity contribution is 0.112. The third-order valence-corrected chi connectivity index (χ3v) is 1.46. The van der Waals surface area contributed by atoms with E-state index in [0.29, 0.717) is 11.4 Å². The molecule has 1 rings (SSSR count). The van der Waals surface area contributed by atoms with Gasteiger partial charge in [0.1, 0.15) is 0 Å². The van der Waals surface area contributed by atoms with E-state index in [1.807, 2.05) is 6.92 Å². The molecule has 1 heterocycles. The summed E-state index contributed by atoms with van der Waals surface area (Å²) < 4.78 is 4.84. The Labute approximate surface area is 65.0 Å². The second-order valence-corrected chi connectivity index (χ2v) is 2.20. The molecule has 0 N–H and O–H groups in total. The largest absolute Gasteiger partial charge is 0.481 e. The molecule has 1 aromatic heterocycles. The average molecular weight is 151 g/mol. The van der Waals surface area contributed by atoms with E-state index < -0.39 is 0 Å². The van der Waals surface area contributed by atoms with Gasteiger partial charge in [-0.2, -0.15) is 0 Å². The normalized spacial score (nSPS) is 9.27. The highest BCUT2D eigenvalue weighted by atomic mass is 16.5. The van der Waals surface area contributed by atoms with E-state index in [2.05, 4.69) is 4.98 Å². The summed E-state index contributed by atoms with van der Waals surface area (Å²) in [5, 5.41) is 0. The summed E-state index contributed by atoms with van der Waals surface area (Å²) >= 11 is 0. The van der Waals surface area contributed by atoms with Crippen molar-refractivity contribution in [1.82, 2.24) is 4.98 Å². The number of hydrogen-bond acceptors (Lipinski definition) is 3. The minimum absolute atomic E-state index is 0.470. The van der Waals surface area contributed by atoms with Crippen LogP contribution >= 0.6 is 0 Å². The summed E-state index contributed by atoms with van der Waals surface area (Å²) in [6.07, 6.45) is 2.40. The number of aryl methyl sites for hydroxylation is 1. The van der Waals surface area contributed by atoms with Crippen LogP contribution in [0.3, 0.4) is 0 Å². The summed E-state index contributed by atoms with van der Waals surface area (Å²) in [6.45, 7) is 1.83. The first kappa shape index (κ1) is 7.72. The first-order valence-corrected chi connectivity index (χ1v) is 3.23. The van der Waals surface area contributed by atoms with Gasteiger partial charge in [-0.3, -0.25) is 4.79 Å². The molecule has 3 nitrogen and oxygen atoms in total. The van der Waals surface area contributed by atoms with Crippen molar-refractivity contribution < 1.29 is 9.53 Å². The van der Waals surface area contributed by atoms with E-state index in [9.17, 15) is 4.79 Å². The highest BCUT2D eigenvalue weighted by molar-refractivity contribution is 5.77. The number of pyridine rings is 1. The molecular formula is C8H9NO2. The Morgan fingerprint density at radius 1 is 1.64 bits per heavy atom. The minimum atomic E-state index is 0.470. The maximum Gasteiger partial charge on any atom is 0.213 e. The molecule has 0 saturated carbocycles. The molecule has 11 heavy (non-hydrogen) atoms. The Bertz CT molecular complexity index is 271. The molecule has 0 aliphatic heterocycles. The second kappa shape index (κ2) is 3.14. The van der Waals surface area contributed by atoms with Gasteiger partial charge in [0.2, 0.25) is 5.88 Å². The lowest BCUT2D eigenvalue weighted by atomic mass is 10.2. The number of rotatable bonds is 2. The molecule has 58 valence electrons. The standard InChI is InChI=1S/C8H9NO2/c1-6-4-9-8(11-2)3-7(6)5-10/h3-5H,1-2H3. The van der Waals surface area contributed by atoms with Crippen molar-refractivity contribution in [3.8, 4) is 5.88 Å². The molecular weight excluding hydrogens is 142 g/mol. The quantitative estimate of drug-likeness (QED) is 0.596. The zero-order valence-corrected chi connectivity index (χ0v) is 6.50. The summed E-state index contributed by atoms with van der Waals surface area (Å²) in [7, 11) is 1.52. The summed E-state index contributed by atoms with van der Waals surface area (Å²) in [5.74, 6) is 0.470. The topological polar surface area (TPSA) is 39.2 Å². The van der Waals surface area contributed by atoms with Crippen LogP contribution in [0, 0.1) is 6.92 Å². The highest BCUT2D eigenvalue weighted by Crippen LogP contribution is 2.10. The van der Waals surface area contributed by atoms with Crippen LogP contribution in [0.15, 0.2) is 12.3 Å². The third kappa shape index (κ3) is 1.55. The van der Waals surface area contributed by atoms with Crippen molar-refractivity contribution in [2.45, 2.75) is 6.92 Å². The van der Waals surface area contributed by atoms with Crippen molar-refractivity contribution in [3.05, 3.63) is 23.4 Å². The van der Waals surface area contributed by atoms with Gasteiger partial charge < -0.3 is 4.74 Å². The third-order valence-electron chi connectivity index (χ3n) is 1.46. The lowest BCUT2D eigenvalue weighted by Gasteiger charge is -2.00. The predicted molar refractivity (Wildman–Crippen MR) is 40.9 cm³/mol. The van der Waals surface area contributed by atoms with Crippen LogP contribution in [0.2, 0.25) is 0 Å². The molecule has 0 amide bonds. The Morgan fingerprint density at radius 3 is 2.91 bits per heavy atom. The van der Waals surface area contributed by atoms with Crippen molar-refractivity contribution in [1.29, 1.82) is 0 Å². The number of aromatic nitrogens is 1. The molecule has 0 fully saturated rings. The molecule has 3 heteroatoms. The number of ether oxygens (including phenoxy) is 1. The molecule has 0 aliphatic rings. The number of aldehydes is 1. The van der Waals surface area contributed by atoms with Crippen LogP contribution in [0.4, 0.5) is 0 Å². The number of carbonyl (C=O) groups is 1. The van der Waals surface area contributed by atoms with Crippen molar-refractivity contribution in [2.24, 2.45) is 0 Å². The fourth-order valence-electron chi connectivity index (χ4n) is 0.758. The Balaban J connectivity index is 3.12. The Hall–Kier alpha value is -1.38. The van der Waals surface area contributed by atoms with Gasteiger partial charge in [0.25, 0.3) is 0 Å². The van der Waals surface area contributed by atoms with Crippen LogP contribution in [-0.4, -0.2) is 18.4 Å². The van der Waals surface area contributed by atoms with Crippen molar-refractivity contribution >= 4 is 6.29 Å². The maximum absolute atomic E-state index is 10.4. The van der Waals surface area contributed by atoms with Crippen LogP contribution in [-0.2, 0) is 0 Å². The van der Waals surface area contributed by atoms with E-state index in [1.54, 1.807) is 12.3 Å². The van der Waals surface area contributed by atoms with E-state index in [0.717, 1.165) is 11.8 Å². The number of carbonyl (C=O) groups excluding carboxylic acids is 1. The summed E-state index contributed by atoms with van der Waals surface area (Å²) in [6, 6.07) is 1.61. The molecule has 0 bridgehead atoms. The van der Waals surface area contributed by atoms with Crippen LogP contribution in [0.25, 0.3) is 0 Å². The fourth-order valence-corrected chi connectivity index (χ4v) is 0.758. The number of hydrogen-bond donors (Lipinski definition) is 0. The Kier molecular flexibility index (Phi) is 2.21. The monoisotopic (exact) mass is 151 g/mol. The molecule has 1 aromatic rings. The zero-order valence-electron chi connectivity index (χ0n) is 6.50. The number of nitrogens with zero attached hydrogens (tertiary/aromatic N) is 1. The first-order chi connectivity index (χ1) is 5.27. The molecule has 0 spiro atoms. The Morgan fingerprint density at radius 2 is 2.36 bits per heavy atom. The molecule has 0 radical (unpaired) electrons. The van der Waals surface area contributed by atoms with E-state index in [1.165, 1.54) is 7.11 Å². The average Bonchev–Trinajstić information content (AvgIpc) is 2.05. The van der Waals surface area contributed by atoms with Crippen molar-refractivity contribution in [3.63, 3.8) is 0 Å². The van der Waals surface area contributed by atoms with Gasteiger partial charge in [-0.25, -0.2) is 4.98 Å². The van der Waals surface area contributed by atoms with Gasteiger partial charge in [0.15, 0.2) is 6.29 Å². The fraction of sp³-hybridized carbons (Fsp3) is 0.250. The minimum Gasteiger partial charge on any atom is -0.481 e. The summed E-state index contributed by atoms with van der Waals surface area (Å²) in [5.41, 5.74) is 1.48. The van der Waals surface area contributed by atoms with Crippen LogP contribution in [0.5, 0.6) is 5.88 Å². The maximum atomic E-state index is 10.4. The van der Waals surface area contributed by atoms with Crippen LogP contribution < -0.4 is 4.74 Å². The van der Waals surface area contributed by atoms with Gasteiger partial charge >= 0.3 is 0 Å². The van der Waals surface area contributed by atoms with E-state index >= 15 is 0 Å². The van der Waals surface area contributed by atoms with Crippen LogP contribution in [0.1, 0.15) is 15.9 Å². The van der Waals surface area contributed by atoms with E-state index in [4.69, 9.17) is 4.74 Å².